The molecule has 0 aliphatic carbocycles. The van der Waals surface area contributed by atoms with Crippen LogP contribution in [0.4, 0.5) is 0 Å². The maximum atomic E-state index is 12.0. The molecule has 0 aliphatic heterocycles. The number of benzene rings is 2. The molecule has 4 nitrogen and oxygen atoms in total. The molecular weight excluding hydrogens is 268 g/mol. The van der Waals surface area contributed by atoms with Crippen molar-refractivity contribution in [2.75, 3.05) is 0 Å². The Bertz CT molecular complexity index is 779. The van der Waals surface area contributed by atoms with E-state index in [9.17, 15) is 9.59 Å². The number of Topliss-reactive ketones (excluding diaryl/α,β-unsaturated/α-hetero) is 1. The molecule has 21 heavy (non-hydrogen) atoms. The molecule has 2 aromatic carbocycles. The molecule has 1 heterocycles. The minimum absolute atomic E-state index is 0.0369. The zero-order valence-electron chi connectivity index (χ0n) is 11.3. The molecule has 3 rings (SSSR count). The molecule has 0 saturated carbocycles. The van der Waals surface area contributed by atoms with Crippen LogP contribution >= 0.6 is 0 Å². The third-order valence-corrected chi connectivity index (χ3v) is 3.10. The first-order chi connectivity index (χ1) is 10.1. The van der Waals surface area contributed by atoms with Crippen LogP contribution in [0.25, 0.3) is 11.0 Å². The Balaban J connectivity index is 1.80. The Morgan fingerprint density at radius 3 is 2.38 bits per heavy atom. The largest absolute Gasteiger partial charge is 0.449 e. The van der Waals surface area contributed by atoms with E-state index in [2.05, 4.69) is 0 Å². The van der Waals surface area contributed by atoms with Crippen LogP contribution in [-0.4, -0.2) is 11.8 Å². The van der Waals surface area contributed by atoms with Gasteiger partial charge in [0, 0.05) is 10.9 Å². The summed E-state index contributed by atoms with van der Waals surface area (Å²) in [6.45, 7) is 1.48. The summed E-state index contributed by atoms with van der Waals surface area (Å²) in [6.07, 6.45) is 0. The maximum absolute atomic E-state index is 12.0. The lowest BCUT2D eigenvalue weighted by molar-refractivity contribution is 0.0704. The summed E-state index contributed by atoms with van der Waals surface area (Å²) in [6, 6.07) is 15.4. The summed E-state index contributed by atoms with van der Waals surface area (Å²) in [5, 5.41) is 0.844. The van der Waals surface area contributed by atoms with Gasteiger partial charge >= 0.3 is 5.97 Å². The van der Waals surface area contributed by atoms with Crippen molar-refractivity contribution in [2.45, 2.75) is 6.92 Å². The van der Waals surface area contributed by atoms with E-state index >= 15 is 0 Å². The minimum Gasteiger partial charge on any atom is -0.449 e. The molecule has 0 fully saturated rings. The summed E-state index contributed by atoms with van der Waals surface area (Å²) in [4.78, 5) is 23.2. The van der Waals surface area contributed by atoms with E-state index < -0.39 is 5.97 Å². The van der Waals surface area contributed by atoms with Gasteiger partial charge in [0.15, 0.2) is 5.78 Å². The number of esters is 1. The molecule has 0 saturated heterocycles. The van der Waals surface area contributed by atoms with Gasteiger partial charge in [-0.1, -0.05) is 18.2 Å². The molecule has 0 aliphatic rings. The van der Waals surface area contributed by atoms with E-state index in [1.807, 2.05) is 18.2 Å². The molecule has 0 bridgehead atoms. The second kappa shape index (κ2) is 5.25. The van der Waals surface area contributed by atoms with Crippen LogP contribution in [0.2, 0.25) is 0 Å². The lowest BCUT2D eigenvalue weighted by Gasteiger charge is -2.02. The molecule has 4 heteroatoms. The normalized spacial score (nSPS) is 10.5. The lowest BCUT2D eigenvalue weighted by atomic mass is 10.1. The number of rotatable bonds is 3. The van der Waals surface area contributed by atoms with E-state index in [0.717, 1.165) is 5.39 Å². The van der Waals surface area contributed by atoms with Crippen molar-refractivity contribution in [1.82, 2.24) is 0 Å². The van der Waals surface area contributed by atoms with Crippen LogP contribution in [-0.2, 0) is 0 Å². The summed E-state index contributed by atoms with van der Waals surface area (Å²) >= 11 is 0. The Morgan fingerprint density at radius 1 is 1.00 bits per heavy atom. The number of para-hydroxylation sites is 1. The molecule has 104 valence electrons. The Labute approximate surface area is 120 Å². The highest BCUT2D eigenvalue weighted by Gasteiger charge is 2.14. The average Bonchev–Trinajstić information content (AvgIpc) is 2.92. The monoisotopic (exact) mass is 280 g/mol. The molecule has 3 aromatic rings. The van der Waals surface area contributed by atoms with E-state index in [4.69, 9.17) is 9.15 Å². The Hall–Kier alpha value is -2.88. The Kier molecular flexibility index (Phi) is 3.28. The third kappa shape index (κ3) is 2.69. The fraction of sp³-hybridized carbons (Fsp3) is 0.0588. The number of ketones is 1. The van der Waals surface area contributed by atoms with Gasteiger partial charge in [-0.05, 0) is 43.3 Å². The predicted octanol–water partition coefficient (Wildman–Crippen LogP) is 3.85. The average molecular weight is 280 g/mol. The van der Waals surface area contributed by atoms with Gasteiger partial charge in [0.05, 0.1) is 0 Å². The number of hydrogen-bond donors (Lipinski definition) is 0. The number of carbonyl (C=O) groups excluding carboxylic acids is 2. The van der Waals surface area contributed by atoms with Crippen LogP contribution in [0.5, 0.6) is 5.75 Å². The van der Waals surface area contributed by atoms with Crippen molar-refractivity contribution < 1.29 is 18.7 Å². The van der Waals surface area contributed by atoms with E-state index in [-0.39, 0.29) is 11.5 Å². The van der Waals surface area contributed by atoms with Crippen LogP contribution in [0.3, 0.4) is 0 Å². The summed E-state index contributed by atoms with van der Waals surface area (Å²) in [5.41, 5.74) is 1.20. The number of carbonyl (C=O) groups is 2. The van der Waals surface area contributed by atoms with E-state index in [1.54, 1.807) is 36.4 Å². The van der Waals surface area contributed by atoms with Crippen molar-refractivity contribution in [2.24, 2.45) is 0 Å². The van der Waals surface area contributed by atoms with Crippen molar-refractivity contribution in [3.8, 4) is 5.75 Å². The topological polar surface area (TPSA) is 56.5 Å². The minimum atomic E-state index is -0.568. The number of fused-ring (bicyclic) bond motifs is 1. The highest BCUT2D eigenvalue weighted by molar-refractivity contribution is 5.95. The van der Waals surface area contributed by atoms with Crippen LogP contribution in [0.1, 0.15) is 27.8 Å². The first kappa shape index (κ1) is 13.1. The molecule has 0 spiro atoms. The first-order valence-corrected chi connectivity index (χ1v) is 6.45. The van der Waals surface area contributed by atoms with E-state index in [1.165, 1.54) is 6.92 Å². The smallest absolute Gasteiger partial charge is 0.379 e. The molecule has 0 radical (unpaired) electrons. The first-order valence-electron chi connectivity index (χ1n) is 6.45. The zero-order chi connectivity index (χ0) is 14.8. The number of hydrogen-bond acceptors (Lipinski definition) is 4. The summed E-state index contributed by atoms with van der Waals surface area (Å²) in [5.74, 6) is -0.0933. The Morgan fingerprint density at radius 2 is 1.71 bits per heavy atom. The SMILES string of the molecule is CC(=O)c1ccc(OC(=O)c2cc3ccccc3o2)cc1. The standard InChI is InChI=1S/C17H12O4/c1-11(18)12-6-8-14(9-7-12)20-17(19)16-10-13-4-2-3-5-15(13)21-16/h2-10H,1H3. The van der Waals surface area contributed by atoms with Crippen molar-refractivity contribution >= 4 is 22.7 Å². The van der Waals surface area contributed by atoms with E-state index in [0.29, 0.717) is 16.9 Å². The zero-order valence-corrected chi connectivity index (χ0v) is 11.3. The molecule has 0 atom stereocenters. The van der Waals surface area contributed by atoms with Crippen LogP contribution < -0.4 is 4.74 Å². The van der Waals surface area contributed by atoms with Gasteiger partial charge in [-0.15, -0.1) is 0 Å². The quantitative estimate of drug-likeness (QED) is 0.415. The van der Waals surface area contributed by atoms with Crippen LogP contribution in [0, 0.1) is 0 Å². The van der Waals surface area contributed by atoms with Gasteiger partial charge in [0.2, 0.25) is 5.76 Å². The highest BCUT2D eigenvalue weighted by Crippen LogP contribution is 2.21. The predicted molar refractivity (Wildman–Crippen MR) is 77.6 cm³/mol. The van der Waals surface area contributed by atoms with Crippen LogP contribution in [0.15, 0.2) is 59.0 Å². The summed E-state index contributed by atoms with van der Waals surface area (Å²) in [7, 11) is 0. The van der Waals surface area contributed by atoms with Gasteiger partial charge in [-0.2, -0.15) is 0 Å². The van der Waals surface area contributed by atoms with Crippen molar-refractivity contribution in [3.05, 3.63) is 65.9 Å². The van der Waals surface area contributed by atoms with Gasteiger partial charge in [-0.25, -0.2) is 4.79 Å². The molecule has 0 N–H and O–H groups in total. The van der Waals surface area contributed by atoms with Crippen molar-refractivity contribution in [3.63, 3.8) is 0 Å². The highest BCUT2D eigenvalue weighted by atomic mass is 16.5. The second-order valence-electron chi connectivity index (χ2n) is 4.62. The maximum Gasteiger partial charge on any atom is 0.379 e. The van der Waals surface area contributed by atoms with Gasteiger partial charge in [-0.3, -0.25) is 4.79 Å². The van der Waals surface area contributed by atoms with Gasteiger partial charge in [0.25, 0.3) is 0 Å². The van der Waals surface area contributed by atoms with Crippen molar-refractivity contribution in [1.29, 1.82) is 0 Å². The molecule has 0 amide bonds. The van der Waals surface area contributed by atoms with Gasteiger partial charge < -0.3 is 9.15 Å². The second-order valence-corrected chi connectivity index (χ2v) is 4.62. The third-order valence-electron chi connectivity index (χ3n) is 3.10. The summed E-state index contributed by atoms with van der Waals surface area (Å²) < 4.78 is 10.7. The lowest BCUT2D eigenvalue weighted by Crippen LogP contribution is -2.07. The number of ether oxygens (including phenoxy) is 1. The molecular formula is C17H12O4. The van der Waals surface area contributed by atoms with Gasteiger partial charge in [0.1, 0.15) is 11.3 Å². The fourth-order valence-electron chi connectivity index (χ4n) is 2.00. The fourth-order valence-corrected chi connectivity index (χ4v) is 2.00. The number of furan rings is 1. The molecule has 1 aromatic heterocycles. The molecule has 0 unspecified atom stereocenters.